The van der Waals surface area contributed by atoms with Gasteiger partial charge in [-0.3, -0.25) is 9.59 Å². The zero-order chi connectivity index (χ0) is 19.9. The average Bonchev–Trinajstić information content (AvgIpc) is 2.70. The van der Waals surface area contributed by atoms with Crippen molar-refractivity contribution < 1.29 is 28.6 Å². The van der Waals surface area contributed by atoms with E-state index in [2.05, 4.69) is 10.6 Å². The molecule has 146 valence electrons. The molecule has 0 saturated heterocycles. The fourth-order valence-electron chi connectivity index (χ4n) is 2.55. The molecule has 1 atom stereocenters. The van der Waals surface area contributed by atoms with E-state index < -0.39 is 18.5 Å². The minimum Gasteiger partial charge on any atom is -0.486 e. The lowest BCUT2D eigenvalue weighted by molar-refractivity contribution is -0.124. The molecule has 2 aromatic carbocycles. The third-order valence-electron chi connectivity index (χ3n) is 3.87. The summed E-state index contributed by atoms with van der Waals surface area (Å²) in [6.07, 6.45) is -0.323. The first kappa shape index (κ1) is 19.2. The molecule has 2 N–H and O–H groups in total. The largest absolute Gasteiger partial charge is 0.486 e. The minimum atomic E-state index is -0.629. The number of esters is 1. The van der Waals surface area contributed by atoms with Gasteiger partial charge in [-0.2, -0.15) is 0 Å². The normalized spacial score (nSPS) is 14.7. The second-order valence-electron chi connectivity index (χ2n) is 6.14. The molecular formula is C20H20N2O6. The van der Waals surface area contributed by atoms with Crippen molar-refractivity contribution in [3.63, 3.8) is 0 Å². The van der Waals surface area contributed by atoms with E-state index in [0.29, 0.717) is 23.8 Å². The SMILES string of the molecule is CC(=O)Nc1ccc(C(=O)OCC(=O)NC[C@H]2COc3ccccc3O2)cc1. The van der Waals surface area contributed by atoms with E-state index >= 15 is 0 Å². The van der Waals surface area contributed by atoms with Crippen LogP contribution in [-0.4, -0.2) is 43.6 Å². The molecule has 0 aromatic heterocycles. The summed E-state index contributed by atoms with van der Waals surface area (Å²) >= 11 is 0. The predicted octanol–water partition coefficient (Wildman–Crippen LogP) is 1.76. The maximum Gasteiger partial charge on any atom is 0.338 e. The molecule has 8 heteroatoms. The van der Waals surface area contributed by atoms with Gasteiger partial charge < -0.3 is 24.8 Å². The maximum atomic E-state index is 12.0. The van der Waals surface area contributed by atoms with E-state index in [0.717, 1.165) is 0 Å². The average molecular weight is 384 g/mol. The fraction of sp³-hybridized carbons (Fsp3) is 0.250. The van der Waals surface area contributed by atoms with Crippen molar-refractivity contribution in [2.45, 2.75) is 13.0 Å². The van der Waals surface area contributed by atoms with Gasteiger partial charge >= 0.3 is 5.97 Å². The topological polar surface area (TPSA) is 103 Å². The van der Waals surface area contributed by atoms with Gasteiger partial charge in [0.05, 0.1) is 12.1 Å². The van der Waals surface area contributed by atoms with Gasteiger partial charge in [0, 0.05) is 12.6 Å². The predicted molar refractivity (Wildman–Crippen MR) is 100 cm³/mol. The summed E-state index contributed by atoms with van der Waals surface area (Å²) < 4.78 is 16.3. The number of nitrogens with one attached hydrogen (secondary N) is 2. The number of ether oxygens (including phenoxy) is 3. The van der Waals surface area contributed by atoms with Crippen molar-refractivity contribution in [3.8, 4) is 11.5 Å². The highest BCUT2D eigenvalue weighted by molar-refractivity contribution is 5.93. The molecule has 2 aromatic rings. The van der Waals surface area contributed by atoms with Crippen LogP contribution in [-0.2, 0) is 14.3 Å². The molecule has 0 spiro atoms. The van der Waals surface area contributed by atoms with E-state index in [4.69, 9.17) is 14.2 Å². The Morgan fingerprint density at radius 1 is 1.07 bits per heavy atom. The molecule has 0 unspecified atom stereocenters. The van der Waals surface area contributed by atoms with Crippen LogP contribution in [0, 0.1) is 0 Å². The molecule has 1 heterocycles. The van der Waals surface area contributed by atoms with Gasteiger partial charge in [-0.1, -0.05) is 12.1 Å². The molecule has 0 saturated carbocycles. The second kappa shape index (κ2) is 8.90. The lowest BCUT2D eigenvalue weighted by Gasteiger charge is -2.26. The van der Waals surface area contributed by atoms with E-state index in [9.17, 15) is 14.4 Å². The number of carbonyl (C=O) groups is 3. The number of carbonyl (C=O) groups excluding carboxylic acids is 3. The van der Waals surface area contributed by atoms with E-state index in [1.54, 1.807) is 18.2 Å². The molecule has 3 rings (SSSR count). The Balaban J connectivity index is 1.40. The standard InChI is InChI=1S/C20H20N2O6/c1-13(23)22-15-8-6-14(7-9-15)20(25)27-12-19(24)21-10-16-11-26-17-4-2-3-5-18(17)28-16/h2-9,16H,10-12H2,1H3,(H,21,24)(H,22,23)/t16-/m0/s1. The number of amides is 2. The van der Waals surface area contributed by atoms with Crippen molar-refractivity contribution >= 4 is 23.5 Å². The molecular weight excluding hydrogens is 364 g/mol. The lowest BCUT2D eigenvalue weighted by atomic mass is 10.2. The van der Waals surface area contributed by atoms with Crippen LogP contribution >= 0.6 is 0 Å². The van der Waals surface area contributed by atoms with Crippen molar-refractivity contribution in [3.05, 3.63) is 54.1 Å². The van der Waals surface area contributed by atoms with E-state index in [-0.39, 0.29) is 24.1 Å². The van der Waals surface area contributed by atoms with Crippen LogP contribution in [0.5, 0.6) is 11.5 Å². The van der Waals surface area contributed by atoms with Crippen LogP contribution in [0.1, 0.15) is 17.3 Å². The van der Waals surface area contributed by atoms with Gasteiger partial charge in [0.2, 0.25) is 5.91 Å². The summed E-state index contributed by atoms with van der Waals surface area (Å²) in [4.78, 5) is 34.9. The maximum absolute atomic E-state index is 12.0. The summed E-state index contributed by atoms with van der Waals surface area (Å²) in [6.45, 7) is 1.54. The molecule has 28 heavy (non-hydrogen) atoms. The first-order valence-corrected chi connectivity index (χ1v) is 8.71. The monoisotopic (exact) mass is 384 g/mol. The first-order chi connectivity index (χ1) is 13.5. The highest BCUT2D eigenvalue weighted by atomic mass is 16.6. The van der Waals surface area contributed by atoms with Gasteiger partial charge in [-0.05, 0) is 36.4 Å². The summed E-state index contributed by atoms with van der Waals surface area (Å²) in [5.41, 5.74) is 0.848. The molecule has 8 nitrogen and oxygen atoms in total. The number of rotatable bonds is 6. The highest BCUT2D eigenvalue weighted by Gasteiger charge is 2.21. The summed E-state index contributed by atoms with van der Waals surface area (Å²) in [7, 11) is 0. The Hall–Kier alpha value is -3.55. The summed E-state index contributed by atoms with van der Waals surface area (Å²) in [6, 6.07) is 13.5. The van der Waals surface area contributed by atoms with Crippen LogP contribution in [0.3, 0.4) is 0 Å². The number of fused-ring (bicyclic) bond motifs is 1. The Morgan fingerprint density at radius 2 is 1.79 bits per heavy atom. The first-order valence-electron chi connectivity index (χ1n) is 8.71. The Kier molecular flexibility index (Phi) is 6.11. The zero-order valence-corrected chi connectivity index (χ0v) is 15.3. The second-order valence-corrected chi connectivity index (χ2v) is 6.14. The highest BCUT2D eigenvalue weighted by Crippen LogP contribution is 2.30. The molecule has 1 aliphatic rings. The van der Waals surface area contributed by atoms with Gasteiger partial charge in [0.15, 0.2) is 18.1 Å². The van der Waals surface area contributed by atoms with Crippen molar-refractivity contribution in [2.75, 3.05) is 25.1 Å². The van der Waals surface area contributed by atoms with Gasteiger partial charge in [0.25, 0.3) is 5.91 Å². The van der Waals surface area contributed by atoms with Gasteiger partial charge in [-0.15, -0.1) is 0 Å². The van der Waals surface area contributed by atoms with Gasteiger partial charge in [0.1, 0.15) is 12.7 Å². The number of hydrogen-bond acceptors (Lipinski definition) is 6. The third kappa shape index (κ3) is 5.23. The molecule has 0 fully saturated rings. The molecule has 0 aliphatic carbocycles. The zero-order valence-electron chi connectivity index (χ0n) is 15.3. The Labute approximate surface area is 161 Å². The molecule has 1 aliphatic heterocycles. The third-order valence-corrected chi connectivity index (χ3v) is 3.87. The molecule has 0 bridgehead atoms. The van der Waals surface area contributed by atoms with Gasteiger partial charge in [-0.25, -0.2) is 4.79 Å². The number of anilines is 1. The van der Waals surface area contributed by atoms with Crippen LogP contribution in [0.15, 0.2) is 48.5 Å². The lowest BCUT2D eigenvalue weighted by Crippen LogP contribution is -2.42. The van der Waals surface area contributed by atoms with E-state index in [1.807, 2.05) is 18.2 Å². The minimum absolute atomic E-state index is 0.206. The molecule has 2 amide bonds. The van der Waals surface area contributed by atoms with Crippen LogP contribution in [0.2, 0.25) is 0 Å². The fourth-order valence-corrected chi connectivity index (χ4v) is 2.55. The number of para-hydroxylation sites is 2. The van der Waals surface area contributed by atoms with Crippen LogP contribution in [0.25, 0.3) is 0 Å². The van der Waals surface area contributed by atoms with Crippen molar-refractivity contribution in [1.29, 1.82) is 0 Å². The van der Waals surface area contributed by atoms with Crippen molar-refractivity contribution in [1.82, 2.24) is 5.32 Å². The Morgan fingerprint density at radius 3 is 2.50 bits per heavy atom. The number of hydrogen-bond donors (Lipinski definition) is 2. The number of benzene rings is 2. The summed E-state index contributed by atoms with van der Waals surface area (Å²) in [5.74, 6) is 0.0230. The summed E-state index contributed by atoms with van der Waals surface area (Å²) in [5, 5.41) is 5.25. The van der Waals surface area contributed by atoms with Crippen LogP contribution < -0.4 is 20.1 Å². The smallest absolute Gasteiger partial charge is 0.338 e. The van der Waals surface area contributed by atoms with Crippen molar-refractivity contribution in [2.24, 2.45) is 0 Å². The quantitative estimate of drug-likeness (QED) is 0.736. The van der Waals surface area contributed by atoms with E-state index in [1.165, 1.54) is 19.1 Å². The molecule has 0 radical (unpaired) electrons. The Bertz CT molecular complexity index is 865. The van der Waals surface area contributed by atoms with Crippen LogP contribution in [0.4, 0.5) is 5.69 Å².